The summed E-state index contributed by atoms with van der Waals surface area (Å²) in [6.45, 7) is 6.26. The molecule has 3 heterocycles. The second kappa shape index (κ2) is 7.64. The van der Waals surface area contributed by atoms with Crippen LogP contribution in [0.5, 0.6) is 5.75 Å². The van der Waals surface area contributed by atoms with Crippen molar-refractivity contribution < 1.29 is 18.7 Å². The first-order valence-electron chi connectivity index (χ1n) is 10.4. The van der Waals surface area contributed by atoms with Gasteiger partial charge in [-0.25, -0.2) is 4.98 Å². The zero-order valence-corrected chi connectivity index (χ0v) is 18.2. The third kappa shape index (κ3) is 3.78. The maximum atomic E-state index is 15.5. The van der Waals surface area contributed by atoms with Crippen LogP contribution in [-0.2, 0) is 14.9 Å². The number of rotatable bonds is 6. The van der Waals surface area contributed by atoms with Crippen molar-refractivity contribution in [2.75, 3.05) is 19.0 Å². The minimum Gasteiger partial charge on any atom is -0.486 e. The Morgan fingerprint density at radius 3 is 2.81 bits per heavy atom. The van der Waals surface area contributed by atoms with Gasteiger partial charge in [-0.15, -0.1) is 0 Å². The minimum atomic E-state index is -0.633. The van der Waals surface area contributed by atoms with E-state index in [4.69, 9.17) is 15.2 Å². The number of carbonyl (C=O) groups is 1. The number of nitrogens with zero attached hydrogens (tertiary/aromatic N) is 3. The van der Waals surface area contributed by atoms with E-state index in [9.17, 15) is 4.79 Å². The third-order valence-electron chi connectivity index (χ3n) is 5.99. The van der Waals surface area contributed by atoms with Crippen LogP contribution >= 0.6 is 0 Å². The summed E-state index contributed by atoms with van der Waals surface area (Å²) in [6.07, 6.45) is 8.67. The van der Waals surface area contributed by atoms with Gasteiger partial charge in [-0.1, -0.05) is 0 Å². The number of fused-ring (bicyclic) bond motifs is 3. The summed E-state index contributed by atoms with van der Waals surface area (Å²) >= 11 is 0. The van der Waals surface area contributed by atoms with Gasteiger partial charge in [-0.3, -0.25) is 9.79 Å². The second-order valence-corrected chi connectivity index (χ2v) is 8.89. The SMILES string of the molecule is CN=C/C=C(\N)C(=O)Nc1cn2cc(C34CCC(C)(C3)OC4)nc2c(F)c1OC(C)C. The molecule has 0 radical (unpaired) electrons. The molecule has 2 aliphatic rings. The van der Waals surface area contributed by atoms with E-state index in [0.29, 0.717) is 6.61 Å². The monoisotopic (exact) mass is 429 g/mol. The molecule has 1 saturated carbocycles. The predicted molar refractivity (Wildman–Crippen MR) is 116 cm³/mol. The number of imidazole rings is 1. The van der Waals surface area contributed by atoms with Crippen LogP contribution < -0.4 is 15.8 Å². The topological polar surface area (TPSA) is 103 Å². The number of anilines is 1. The van der Waals surface area contributed by atoms with Crippen LogP contribution in [0.25, 0.3) is 5.65 Å². The van der Waals surface area contributed by atoms with E-state index in [1.807, 2.05) is 6.20 Å². The van der Waals surface area contributed by atoms with Crippen molar-refractivity contribution in [2.24, 2.45) is 10.7 Å². The summed E-state index contributed by atoms with van der Waals surface area (Å²) in [5, 5.41) is 2.64. The summed E-state index contributed by atoms with van der Waals surface area (Å²) in [5.74, 6) is -1.28. The molecule has 2 fully saturated rings. The number of nitrogens with one attached hydrogen (secondary N) is 1. The molecule has 0 aromatic carbocycles. The predicted octanol–water partition coefficient (Wildman–Crippen LogP) is 2.95. The molecule has 0 spiro atoms. The highest BCUT2D eigenvalue weighted by Crippen LogP contribution is 2.53. The first-order chi connectivity index (χ1) is 14.7. The molecule has 1 amide bonds. The van der Waals surface area contributed by atoms with Gasteiger partial charge in [0.05, 0.1) is 29.7 Å². The van der Waals surface area contributed by atoms with E-state index >= 15 is 4.39 Å². The van der Waals surface area contributed by atoms with Crippen molar-refractivity contribution in [1.29, 1.82) is 0 Å². The molecule has 9 heteroatoms. The Kier molecular flexibility index (Phi) is 5.25. The van der Waals surface area contributed by atoms with Gasteiger partial charge in [-0.05, 0) is 46.1 Å². The van der Waals surface area contributed by atoms with Gasteiger partial charge in [-0.2, -0.15) is 4.39 Å². The molecule has 1 aliphatic heterocycles. The average molecular weight is 429 g/mol. The molecule has 2 aromatic heterocycles. The van der Waals surface area contributed by atoms with Gasteiger partial charge >= 0.3 is 0 Å². The molecule has 8 nitrogen and oxygen atoms in total. The summed E-state index contributed by atoms with van der Waals surface area (Å²) in [5.41, 5.74) is 6.51. The summed E-state index contributed by atoms with van der Waals surface area (Å²) < 4.78 is 28.8. The van der Waals surface area contributed by atoms with Gasteiger partial charge in [0.1, 0.15) is 5.69 Å². The Morgan fingerprint density at radius 1 is 1.45 bits per heavy atom. The molecule has 2 unspecified atom stereocenters. The average Bonchev–Trinajstić information content (AvgIpc) is 3.40. The molecule has 2 bridgehead atoms. The van der Waals surface area contributed by atoms with Crippen molar-refractivity contribution in [3.63, 3.8) is 0 Å². The molecule has 1 saturated heterocycles. The summed E-state index contributed by atoms with van der Waals surface area (Å²) in [7, 11) is 1.57. The number of carbonyl (C=O) groups excluding carboxylic acids is 1. The number of hydrogen-bond donors (Lipinski definition) is 2. The van der Waals surface area contributed by atoms with E-state index in [1.54, 1.807) is 31.5 Å². The highest BCUT2D eigenvalue weighted by atomic mass is 19.1. The molecule has 31 heavy (non-hydrogen) atoms. The van der Waals surface area contributed by atoms with Gasteiger partial charge in [0, 0.05) is 31.1 Å². The number of halogens is 1. The zero-order chi connectivity index (χ0) is 22.4. The lowest BCUT2D eigenvalue weighted by Crippen LogP contribution is -2.26. The first kappa shape index (κ1) is 21.3. The maximum absolute atomic E-state index is 15.5. The fourth-order valence-corrected chi connectivity index (χ4v) is 4.44. The largest absolute Gasteiger partial charge is 0.486 e. The Bertz CT molecular complexity index is 1080. The van der Waals surface area contributed by atoms with Gasteiger partial charge in [0.2, 0.25) is 5.82 Å². The van der Waals surface area contributed by atoms with Crippen LogP contribution in [0.3, 0.4) is 0 Å². The van der Waals surface area contributed by atoms with Crippen LogP contribution in [0.2, 0.25) is 0 Å². The zero-order valence-electron chi connectivity index (χ0n) is 18.2. The number of pyridine rings is 1. The van der Waals surface area contributed by atoms with Crippen LogP contribution in [0, 0.1) is 5.82 Å². The molecule has 4 rings (SSSR count). The van der Waals surface area contributed by atoms with Crippen molar-refractivity contribution in [3.8, 4) is 5.75 Å². The smallest absolute Gasteiger partial charge is 0.271 e. The number of aliphatic imine (C=N–C) groups is 1. The van der Waals surface area contributed by atoms with Crippen LogP contribution in [0.15, 0.2) is 29.2 Å². The lowest BCUT2D eigenvalue weighted by atomic mass is 9.84. The van der Waals surface area contributed by atoms with Crippen molar-refractivity contribution >= 4 is 23.5 Å². The molecule has 2 atom stereocenters. The Hall–Kier alpha value is -2.94. The van der Waals surface area contributed by atoms with Crippen molar-refractivity contribution in [1.82, 2.24) is 9.38 Å². The lowest BCUT2D eigenvalue weighted by molar-refractivity contribution is -0.112. The van der Waals surface area contributed by atoms with E-state index in [-0.39, 0.29) is 39.9 Å². The van der Waals surface area contributed by atoms with Crippen molar-refractivity contribution in [2.45, 2.75) is 57.2 Å². The molecular formula is C22H28FN5O3. The number of nitrogens with two attached hydrogens (primary N) is 1. The fourth-order valence-electron chi connectivity index (χ4n) is 4.44. The molecular weight excluding hydrogens is 401 g/mol. The quantitative estimate of drug-likeness (QED) is 0.543. The first-order valence-corrected chi connectivity index (χ1v) is 10.4. The minimum absolute atomic E-state index is 0.0554. The van der Waals surface area contributed by atoms with Crippen molar-refractivity contribution in [3.05, 3.63) is 35.7 Å². The Labute approximate surface area is 180 Å². The molecule has 3 N–H and O–H groups in total. The molecule has 1 aliphatic carbocycles. The number of aromatic nitrogens is 2. The lowest BCUT2D eigenvalue weighted by Gasteiger charge is -2.24. The van der Waals surface area contributed by atoms with Crippen LogP contribution in [0.1, 0.15) is 45.7 Å². The molecule has 2 aromatic rings. The number of allylic oxidation sites excluding steroid dienone is 1. The van der Waals surface area contributed by atoms with E-state index in [2.05, 4.69) is 22.2 Å². The molecule has 166 valence electrons. The fraction of sp³-hybridized carbons (Fsp3) is 0.500. The Balaban J connectivity index is 1.76. The third-order valence-corrected chi connectivity index (χ3v) is 5.99. The van der Waals surface area contributed by atoms with E-state index < -0.39 is 11.7 Å². The van der Waals surface area contributed by atoms with Crippen LogP contribution in [0.4, 0.5) is 10.1 Å². The maximum Gasteiger partial charge on any atom is 0.271 e. The second-order valence-electron chi connectivity index (χ2n) is 8.89. The number of ether oxygens (including phenoxy) is 2. The number of hydrogen-bond acceptors (Lipinski definition) is 6. The summed E-state index contributed by atoms with van der Waals surface area (Å²) in [6, 6.07) is 0. The van der Waals surface area contributed by atoms with Gasteiger partial charge < -0.3 is 24.9 Å². The normalized spacial score (nSPS) is 25.8. The summed E-state index contributed by atoms with van der Waals surface area (Å²) in [4.78, 5) is 20.9. The van der Waals surface area contributed by atoms with Gasteiger partial charge in [0.15, 0.2) is 11.4 Å². The van der Waals surface area contributed by atoms with Gasteiger partial charge in [0.25, 0.3) is 5.91 Å². The van der Waals surface area contributed by atoms with E-state index in [1.165, 1.54) is 12.3 Å². The standard InChI is InChI=1S/C22H28FN5O3/c1-13(2)31-18-15(26-20(29)14(24)5-8-25-4)9-28-10-16(27-19(28)17(18)23)22-7-6-21(3,11-22)30-12-22/h5,8-10,13H,6-7,11-12,24H2,1-4H3,(H,26,29)/b14-5-,25-8?. The Morgan fingerprint density at radius 2 is 2.23 bits per heavy atom. The van der Waals surface area contributed by atoms with E-state index in [0.717, 1.165) is 25.0 Å². The number of amides is 1. The highest BCUT2D eigenvalue weighted by molar-refractivity contribution is 6.05. The van der Waals surface area contributed by atoms with Crippen LogP contribution in [-0.4, -0.2) is 46.9 Å². The highest BCUT2D eigenvalue weighted by Gasteiger charge is 2.55.